The number of fused-ring (bicyclic) bond motifs is 1. The Kier molecular flexibility index (Phi) is 3.02. The largest absolute Gasteiger partial charge is 0.460 e. The second-order valence-electron chi connectivity index (χ2n) is 5.24. The first-order valence-electron chi connectivity index (χ1n) is 6.32. The molecule has 7 nitrogen and oxygen atoms in total. The van der Waals surface area contributed by atoms with Gasteiger partial charge in [-0.1, -0.05) is 0 Å². The van der Waals surface area contributed by atoms with E-state index in [-0.39, 0.29) is 6.61 Å². The van der Waals surface area contributed by atoms with E-state index in [1.54, 1.807) is 6.92 Å². The molecule has 1 saturated heterocycles. The van der Waals surface area contributed by atoms with Crippen molar-refractivity contribution in [2.75, 3.05) is 6.61 Å². The van der Waals surface area contributed by atoms with Gasteiger partial charge in [-0.05, 0) is 13.8 Å². The Morgan fingerprint density at radius 2 is 2.15 bits per heavy atom. The fourth-order valence-corrected chi connectivity index (χ4v) is 2.62. The number of hydrogen-bond acceptors (Lipinski definition) is 7. The zero-order chi connectivity index (χ0) is 14.5. The summed E-state index contributed by atoms with van der Waals surface area (Å²) in [5.41, 5.74) is 0.726. The van der Waals surface area contributed by atoms with Gasteiger partial charge in [0, 0.05) is 5.56 Å². The molecule has 2 aromatic rings. The molecular formula is C13H16N2O5. The molecule has 3 heterocycles. The van der Waals surface area contributed by atoms with E-state index < -0.39 is 23.9 Å². The smallest absolute Gasteiger partial charge is 0.173 e. The second kappa shape index (κ2) is 4.49. The van der Waals surface area contributed by atoms with E-state index in [9.17, 15) is 15.3 Å². The van der Waals surface area contributed by atoms with Gasteiger partial charge in [0.2, 0.25) is 0 Å². The number of furan rings is 1. The third-order valence-electron chi connectivity index (χ3n) is 3.81. The van der Waals surface area contributed by atoms with E-state index >= 15 is 0 Å². The van der Waals surface area contributed by atoms with Crippen LogP contribution in [-0.2, 0) is 4.74 Å². The van der Waals surface area contributed by atoms with Crippen LogP contribution in [0.15, 0.2) is 17.0 Å². The zero-order valence-electron chi connectivity index (χ0n) is 11.1. The van der Waals surface area contributed by atoms with Gasteiger partial charge < -0.3 is 24.5 Å². The highest BCUT2D eigenvalue weighted by atomic mass is 16.6. The van der Waals surface area contributed by atoms with E-state index in [0.717, 1.165) is 0 Å². The predicted molar refractivity (Wildman–Crippen MR) is 67.9 cm³/mol. The summed E-state index contributed by atoms with van der Waals surface area (Å²) in [7, 11) is 0. The maximum Gasteiger partial charge on any atom is 0.173 e. The Bertz CT molecular complexity index is 639. The number of rotatable bonds is 2. The monoisotopic (exact) mass is 280 g/mol. The highest BCUT2D eigenvalue weighted by Crippen LogP contribution is 2.43. The number of hydrogen-bond donors (Lipinski definition) is 3. The van der Waals surface area contributed by atoms with E-state index in [0.29, 0.717) is 22.4 Å². The van der Waals surface area contributed by atoms with Gasteiger partial charge >= 0.3 is 0 Å². The second-order valence-corrected chi connectivity index (χ2v) is 5.24. The molecule has 0 aliphatic carbocycles. The minimum atomic E-state index is -1.54. The van der Waals surface area contributed by atoms with Crippen LogP contribution in [0.5, 0.6) is 0 Å². The van der Waals surface area contributed by atoms with Crippen molar-refractivity contribution in [2.24, 2.45) is 0 Å². The maximum absolute atomic E-state index is 10.5. The Balaban J connectivity index is 2.10. The number of aromatic nitrogens is 2. The molecule has 0 bridgehead atoms. The molecule has 3 rings (SSSR count). The molecule has 2 aromatic heterocycles. The van der Waals surface area contributed by atoms with Crippen molar-refractivity contribution in [2.45, 2.75) is 37.8 Å². The van der Waals surface area contributed by atoms with Crippen molar-refractivity contribution in [3.05, 3.63) is 23.8 Å². The summed E-state index contributed by atoms with van der Waals surface area (Å²) < 4.78 is 11.0. The van der Waals surface area contributed by atoms with Crippen molar-refractivity contribution in [1.82, 2.24) is 9.97 Å². The van der Waals surface area contributed by atoms with E-state index in [4.69, 9.17) is 9.15 Å². The van der Waals surface area contributed by atoms with Crippen molar-refractivity contribution in [3.8, 4) is 0 Å². The first-order valence-corrected chi connectivity index (χ1v) is 6.32. The van der Waals surface area contributed by atoms with Crippen molar-refractivity contribution in [1.29, 1.82) is 0 Å². The molecule has 0 saturated carbocycles. The number of aliphatic hydroxyl groups is 3. The third kappa shape index (κ3) is 1.75. The van der Waals surface area contributed by atoms with Crippen LogP contribution in [0.4, 0.5) is 0 Å². The van der Waals surface area contributed by atoms with Gasteiger partial charge in [0.25, 0.3) is 0 Å². The van der Waals surface area contributed by atoms with Gasteiger partial charge in [-0.15, -0.1) is 0 Å². The molecule has 7 heteroatoms. The van der Waals surface area contributed by atoms with Crippen LogP contribution in [0.1, 0.15) is 24.3 Å². The van der Waals surface area contributed by atoms with Crippen LogP contribution in [-0.4, -0.2) is 49.7 Å². The molecule has 1 fully saturated rings. The Hall–Kier alpha value is -1.54. The number of aliphatic hydroxyl groups excluding tert-OH is 2. The molecule has 3 N–H and O–H groups in total. The van der Waals surface area contributed by atoms with Crippen LogP contribution in [0.25, 0.3) is 11.1 Å². The zero-order valence-corrected chi connectivity index (χ0v) is 11.1. The minimum Gasteiger partial charge on any atom is -0.460 e. The van der Waals surface area contributed by atoms with Crippen LogP contribution >= 0.6 is 0 Å². The highest BCUT2D eigenvalue weighted by molar-refractivity contribution is 5.78. The fourth-order valence-electron chi connectivity index (χ4n) is 2.62. The van der Waals surface area contributed by atoms with Gasteiger partial charge in [0.1, 0.15) is 35.8 Å². The van der Waals surface area contributed by atoms with Gasteiger partial charge in [-0.2, -0.15) is 0 Å². The Morgan fingerprint density at radius 1 is 1.40 bits per heavy atom. The van der Waals surface area contributed by atoms with E-state index in [2.05, 4.69) is 9.97 Å². The summed E-state index contributed by atoms with van der Waals surface area (Å²) >= 11 is 0. The first-order chi connectivity index (χ1) is 9.46. The SMILES string of the molecule is Cc1ncnc2c([C@@H]3O[C@H](CO)[C@@H](O)[C@@]3(C)O)coc12. The summed E-state index contributed by atoms with van der Waals surface area (Å²) in [6.07, 6.45) is -0.0170. The molecule has 0 spiro atoms. The van der Waals surface area contributed by atoms with Crippen LogP contribution in [0.3, 0.4) is 0 Å². The topological polar surface area (TPSA) is 109 Å². The molecule has 0 unspecified atom stereocenters. The van der Waals surface area contributed by atoms with Gasteiger partial charge in [-0.25, -0.2) is 9.97 Å². The van der Waals surface area contributed by atoms with Crippen LogP contribution in [0, 0.1) is 6.92 Å². The summed E-state index contributed by atoms with van der Waals surface area (Å²) in [5.74, 6) is 0. The summed E-state index contributed by atoms with van der Waals surface area (Å²) in [6, 6.07) is 0. The minimum absolute atomic E-state index is 0.377. The predicted octanol–water partition coefficient (Wildman–Crippen LogP) is 0.0753. The molecule has 0 radical (unpaired) electrons. The molecule has 0 aromatic carbocycles. The van der Waals surface area contributed by atoms with Crippen molar-refractivity contribution >= 4 is 11.1 Å². The molecule has 1 aliphatic heterocycles. The standard InChI is InChI=1S/C13H16N2O5/c1-6-10-9(15-5-14-6)7(4-19-10)12-13(2,18)11(17)8(3-16)20-12/h4-5,8,11-12,16-18H,3H2,1-2H3/t8-,11-,12+,13-/m1/s1. The lowest BCUT2D eigenvalue weighted by molar-refractivity contribution is -0.0643. The fraction of sp³-hybridized carbons (Fsp3) is 0.538. The third-order valence-corrected chi connectivity index (χ3v) is 3.81. The molecule has 1 aliphatic rings. The van der Waals surface area contributed by atoms with Gasteiger partial charge in [0.15, 0.2) is 5.58 Å². The normalized spacial score (nSPS) is 34.0. The van der Waals surface area contributed by atoms with Crippen molar-refractivity contribution < 1.29 is 24.5 Å². The molecule has 20 heavy (non-hydrogen) atoms. The number of aryl methyl sites for hydroxylation is 1. The number of ether oxygens (including phenoxy) is 1. The van der Waals surface area contributed by atoms with Crippen LogP contribution < -0.4 is 0 Å². The lowest BCUT2D eigenvalue weighted by atomic mass is 9.89. The van der Waals surface area contributed by atoms with Crippen molar-refractivity contribution in [3.63, 3.8) is 0 Å². The molecule has 108 valence electrons. The lowest BCUT2D eigenvalue weighted by Crippen LogP contribution is -2.42. The van der Waals surface area contributed by atoms with Gasteiger partial charge in [-0.3, -0.25) is 0 Å². The number of nitrogens with zero attached hydrogens (tertiary/aromatic N) is 2. The summed E-state index contributed by atoms with van der Waals surface area (Å²) in [4.78, 5) is 8.18. The highest BCUT2D eigenvalue weighted by Gasteiger charge is 2.53. The average molecular weight is 280 g/mol. The Labute approximate surface area is 114 Å². The average Bonchev–Trinajstić information content (AvgIpc) is 2.92. The summed E-state index contributed by atoms with van der Waals surface area (Å²) in [5, 5.41) is 29.7. The first kappa shape index (κ1) is 13.4. The molecule has 4 atom stereocenters. The molecular weight excluding hydrogens is 264 g/mol. The Morgan fingerprint density at radius 3 is 2.80 bits per heavy atom. The van der Waals surface area contributed by atoms with Crippen LogP contribution in [0.2, 0.25) is 0 Å². The quantitative estimate of drug-likeness (QED) is 0.714. The summed E-state index contributed by atoms with van der Waals surface area (Å²) in [6.45, 7) is 2.87. The molecule has 0 amide bonds. The van der Waals surface area contributed by atoms with Gasteiger partial charge in [0.05, 0.1) is 18.6 Å². The van der Waals surface area contributed by atoms with E-state index in [1.807, 2.05) is 0 Å². The van der Waals surface area contributed by atoms with E-state index in [1.165, 1.54) is 19.5 Å². The maximum atomic E-state index is 10.5. The lowest BCUT2D eigenvalue weighted by Gasteiger charge is -2.25.